The maximum Gasteiger partial charge on any atom is 0.279 e. The monoisotopic (exact) mass is 376 g/mol. The molecule has 0 spiro atoms. The van der Waals surface area contributed by atoms with Crippen LogP contribution in [0.25, 0.3) is 0 Å². The van der Waals surface area contributed by atoms with Crippen molar-refractivity contribution >= 4 is 40.8 Å². The van der Waals surface area contributed by atoms with Crippen LogP contribution in [0.15, 0.2) is 41.5 Å². The highest BCUT2D eigenvalue weighted by Gasteiger charge is 2.26. The second-order valence-corrected chi connectivity index (χ2v) is 6.50. The lowest BCUT2D eigenvalue weighted by atomic mass is 10.1. The summed E-state index contributed by atoms with van der Waals surface area (Å²) in [7, 11) is 0. The number of hydrogen-bond acceptors (Lipinski definition) is 4. The molecule has 1 aromatic heterocycles. The number of amides is 1. The third kappa shape index (κ3) is 3.94. The standard InChI is InChI=1S/C18H18Cl2N4O/c1-2-4-12-7-8-15(22-11-12)17(25)24-10-9-21-18(24)23-16-13(19)5-3-6-14(16)20/h3,5-8,11H,2,4,9-10H2,1H3,(H,21,23). The highest BCUT2D eigenvalue weighted by molar-refractivity contribution is 6.39. The van der Waals surface area contributed by atoms with Crippen molar-refractivity contribution in [2.24, 2.45) is 4.99 Å². The summed E-state index contributed by atoms with van der Waals surface area (Å²) in [5.74, 6) is 0.231. The maximum absolute atomic E-state index is 12.8. The van der Waals surface area contributed by atoms with Crippen molar-refractivity contribution in [2.75, 3.05) is 18.4 Å². The van der Waals surface area contributed by atoms with E-state index in [9.17, 15) is 4.79 Å². The Morgan fingerprint density at radius 2 is 2.00 bits per heavy atom. The van der Waals surface area contributed by atoms with Gasteiger partial charge < -0.3 is 5.32 Å². The smallest absolute Gasteiger partial charge is 0.279 e. The summed E-state index contributed by atoms with van der Waals surface area (Å²) >= 11 is 12.4. The second-order valence-electron chi connectivity index (χ2n) is 5.69. The summed E-state index contributed by atoms with van der Waals surface area (Å²) in [5.41, 5.74) is 2.05. The molecule has 130 valence electrons. The Hall–Kier alpha value is -2.11. The Labute approximate surface area is 156 Å². The fourth-order valence-corrected chi connectivity index (χ4v) is 3.10. The topological polar surface area (TPSA) is 57.6 Å². The molecule has 1 aliphatic heterocycles. The Morgan fingerprint density at radius 1 is 1.24 bits per heavy atom. The number of rotatable bonds is 4. The first kappa shape index (κ1) is 17.7. The second kappa shape index (κ2) is 7.85. The molecule has 1 aromatic carbocycles. The Kier molecular flexibility index (Phi) is 5.56. The van der Waals surface area contributed by atoms with E-state index in [1.54, 1.807) is 35.4 Å². The molecule has 3 rings (SSSR count). The molecule has 25 heavy (non-hydrogen) atoms. The highest BCUT2D eigenvalue weighted by atomic mass is 35.5. The van der Waals surface area contributed by atoms with Crippen LogP contribution in [0.5, 0.6) is 0 Å². The largest absolute Gasteiger partial charge is 0.323 e. The number of benzene rings is 1. The van der Waals surface area contributed by atoms with E-state index in [1.165, 1.54) is 0 Å². The van der Waals surface area contributed by atoms with Gasteiger partial charge in [0.15, 0.2) is 0 Å². The van der Waals surface area contributed by atoms with E-state index in [4.69, 9.17) is 23.2 Å². The first-order valence-electron chi connectivity index (χ1n) is 8.12. The van der Waals surface area contributed by atoms with Crippen LogP contribution in [0, 0.1) is 0 Å². The number of aromatic nitrogens is 1. The van der Waals surface area contributed by atoms with E-state index in [-0.39, 0.29) is 5.91 Å². The van der Waals surface area contributed by atoms with Gasteiger partial charge in [0.05, 0.1) is 22.3 Å². The molecule has 0 radical (unpaired) electrons. The number of carbonyl (C=O) groups excluding carboxylic acids is 1. The highest BCUT2D eigenvalue weighted by Crippen LogP contribution is 2.30. The number of carbonyl (C=O) groups is 1. The van der Waals surface area contributed by atoms with Crippen LogP contribution in [-0.2, 0) is 6.42 Å². The molecular weight excluding hydrogens is 359 g/mol. The average molecular weight is 377 g/mol. The first-order valence-corrected chi connectivity index (χ1v) is 8.88. The summed E-state index contributed by atoms with van der Waals surface area (Å²) < 4.78 is 0. The number of guanidine groups is 1. The number of para-hydroxylation sites is 1. The van der Waals surface area contributed by atoms with Crippen LogP contribution >= 0.6 is 23.2 Å². The van der Waals surface area contributed by atoms with Gasteiger partial charge >= 0.3 is 0 Å². The number of nitrogens with zero attached hydrogens (tertiary/aromatic N) is 3. The maximum atomic E-state index is 12.8. The van der Waals surface area contributed by atoms with Gasteiger partial charge in [0.1, 0.15) is 5.69 Å². The van der Waals surface area contributed by atoms with Crippen LogP contribution in [0.3, 0.4) is 0 Å². The van der Waals surface area contributed by atoms with Gasteiger partial charge in [0, 0.05) is 12.7 Å². The molecule has 1 amide bonds. The number of hydrogen-bond donors (Lipinski definition) is 1. The number of pyridine rings is 1. The summed E-state index contributed by atoms with van der Waals surface area (Å²) in [5, 5.41) is 4.01. The van der Waals surface area contributed by atoms with E-state index >= 15 is 0 Å². The van der Waals surface area contributed by atoms with E-state index in [2.05, 4.69) is 22.2 Å². The molecule has 2 heterocycles. The zero-order valence-corrected chi connectivity index (χ0v) is 15.3. The Balaban J connectivity index is 1.78. The van der Waals surface area contributed by atoms with Crippen molar-refractivity contribution in [1.82, 2.24) is 9.88 Å². The van der Waals surface area contributed by atoms with Gasteiger partial charge in [0.2, 0.25) is 5.96 Å². The van der Waals surface area contributed by atoms with Gasteiger partial charge in [-0.2, -0.15) is 0 Å². The summed E-state index contributed by atoms with van der Waals surface area (Å²) in [6.07, 6.45) is 3.74. The lowest BCUT2D eigenvalue weighted by molar-refractivity contribution is 0.0852. The van der Waals surface area contributed by atoms with Crippen molar-refractivity contribution in [3.05, 3.63) is 57.8 Å². The lowest BCUT2D eigenvalue weighted by Gasteiger charge is -2.20. The van der Waals surface area contributed by atoms with Gasteiger partial charge in [0.25, 0.3) is 5.91 Å². The average Bonchev–Trinajstić information content (AvgIpc) is 3.07. The molecule has 1 N–H and O–H groups in total. The van der Waals surface area contributed by atoms with Crippen molar-refractivity contribution < 1.29 is 4.79 Å². The molecule has 0 atom stereocenters. The van der Waals surface area contributed by atoms with Crippen LogP contribution in [0.2, 0.25) is 10.0 Å². The molecule has 7 heteroatoms. The number of aryl methyl sites for hydroxylation is 1. The fourth-order valence-electron chi connectivity index (χ4n) is 2.61. The van der Waals surface area contributed by atoms with E-state index < -0.39 is 0 Å². The SMILES string of the molecule is CCCc1ccc(C(=O)N2CCN=C2Nc2c(Cl)cccc2Cl)nc1. The predicted molar refractivity (Wildman–Crippen MR) is 102 cm³/mol. The third-order valence-electron chi connectivity index (χ3n) is 3.87. The zero-order valence-electron chi connectivity index (χ0n) is 13.8. The van der Waals surface area contributed by atoms with Crippen molar-refractivity contribution in [2.45, 2.75) is 19.8 Å². The fraction of sp³-hybridized carbons (Fsp3) is 0.278. The van der Waals surface area contributed by atoms with Crippen molar-refractivity contribution in [1.29, 1.82) is 0 Å². The van der Waals surface area contributed by atoms with Crippen LogP contribution in [0.1, 0.15) is 29.4 Å². The minimum absolute atomic E-state index is 0.199. The normalized spacial score (nSPS) is 13.7. The molecule has 0 unspecified atom stereocenters. The number of anilines is 1. The lowest BCUT2D eigenvalue weighted by Crippen LogP contribution is -2.38. The van der Waals surface area contributed by atoms with Gasteiger partial charge in [-0.05, 0) is 30.2 Å². The Bertz CT molecular complexity index is 785. The van der Waals surface area contributed by atoms with Gasteiger partial charge in [-0.25, -0.2) is 0 Å². The van der Waals surface area contributed by atoms with Gasteiger partial charge in [-0.1, -0.05) is 48.7 Å². The van der Waals surface area contributed by atoms with Gasteiger partial charge in [-0.15, -0.1) is 0 Å². The van der Waals surface area contributed by atoms with Crippen LogP contribution < -0.4 is 5.32 Å². The molecule has 0 saturated carbocycles. The summed E-state index contributed by atoms with van der Waals surface area (Å²) in [4.78, 5) is 23.0. The molecular formula is C18H18Cl2N4O. The first-order chi connectivity index (χ1) is 12.1. The minimum Gasteiger partial charge on any atom is -0.323 e. The molecule has 2 aromatic rings. The quantitative estimate of drug-likeness (QED) is 0.866. The summed E-state index contributed by atoms with van der Waals surface area (Å²) in [6.45, 7) is 3.11. The molecule has 0 fully saturated rings. The molecule has 0 saturated heterocycles. The van der Waals surface area contributed by atoms with Crippen molar-refractivity contribution in [3.63, 3.8) is 0 Å². The summed E-state index contributed by atoms with van der Waals surface area (Å²) in [6, 6.07) is 8.91. The molecule has 0 bridgehead atoms. The molecule has 1 aliphatic rings. The van der Waals surface area contributed by atoms with Crippen molar-refractivity contribution in [3.8, 4) is 0 Å². The van der Waals surface area contributed by atoms with E-state index in [1.807, 2.05) is 6.07 Å². The number of halogens is 2. The predicted octanol–water partition coefficient (Wildman–Crippen LogP) is 4.26. The molecule has 5 nitrogen and oxygen atoms in total. The zero-order chi connectivity index (χ0) is 17.8. The van der Waals surface area contributed by atoms with E-state index in [0.717, 1.165) is 18.4 Å². The minimum atomic E-state index is -0.199. The van der Waals surface area contributed by atoms with E-state index in [0.29, 0.717) is 40.5 Å². The third-order valence-corrected chi connectivity index (χ3v) is 4.50. The molecule has 0 aliphatic carbocycles. The Morgan fingerprint density at radius 3 is 2.64 bits per heavy atom. The number of nitrogens with one attached hydrogen (secondary N) is 1. The number of aliphatic imine (C=N–C) groups is 1. The van der Waals surface area contributed by atoms with Gasteiger partial charge in [-0.3, -0.25) is 19.7 Å². The van der Waals surface area contributed by atoms with Crippen LogP contribution in [-0.4, -0.2) is 34.8 Å². The van der Waals surface area contributed by atoms with Crippen LogP contribution in [0.4, 0.5) is 5.69 Å².